The zero-order valence-electron chi connectivity index (χ0n) is 9.71. The molecule has 1 aromatic carbocycles. The van der Waals surface area contributed by atoms with Crippen molar-refractivity contribution in [2.75, 3.05) is 0 Å². The van der Waals surface area contributed by atoms with Crippen molar-refractivity contribution in [2.24, 2.45) is 5.41 Å². The first-order chi connectivity index (χ1) is 8.00. The molecular weight excluding hydrogens is 218 g/mol. The van der Waals surface area contributed by atoms with E-state index in [0.29, 0.717) is 12.1 Å². The van der Waals surface area contributed by atoms with Crippen molar-refractivity contribution in [2.45, 2.75) is 20.3 Å². The van der Waals surface area contributed by atoms with Crippen LogP contribution >= 0.6 is 0 Å². The van der Waals surface area contributed by atoms with E-state index in [4.69, 9.17) is 5.11 Å². The van der Waals surface area contributed by atoms with Crippen molar-refractivity contribution < 1.29 is 9.90 Å². The fourth-order valence-corrected chi connectivity index (χ4v) is 1.61. The van der Waals surface area contributed by atoms with Crippen LogP contribution in [0.2, 0.25) is 0 Å². The van der Waals surface area contributed by atoms with E-state index in [1.54, 1.807) is 13.8 Å². The molecular formula is C12H13N3O2. The van der Waals surface area contributed by atoms with Gasteiger partial charge in [-0.2, -0.15) is 0 Å². The molecule has 0 fully saturated rings. The number of hydrogen-bond donors (Lipinski definition) is 1. The van der Waals surface area contributed by atoms with E-state index < -0.39 is 11.4 Å². The first-order valence-electron chi connectivity index (χ1n) is 5.31. The lowest BCUT2D eigenvalue weighted by molar-refractivity contribution is -0.146. The molecule has 0 atom stereocenters. The molecule has 1 aromatic heterocycles. The van der Waals surface area contributed by atoms with E-state index in [2.05, 4.69) is 15.4 Å². The summed E-state index contributed by atoms with van der Waals surface area (Å²) < 4.78 is 0. The molecule has 1 N–H and O–H groups in total. The molecule has 0 aliphatic carbocycles. The average molecular weight is 231 g/mol. The summed E-state index contributed by atoms with van der Waals surface area (Å²) in [6, 6.07) is 7.46. The molecule has 0 unspecified atom stereocenters. The summed E-state index contributed by atoms with van der Waals surface area (Å²) in [5.74, 6) is -0.847. The second kappa shape index (κ2) is 4.08. The largest absolute Gasteiger partial charge is 0.481 e. The van der Waals surface area contributed by atoms with E-state index in [-0.39, 0.29) is 0 Å². The average Bonchev–Trinajstić information content (AvgIpc) is 2.29. The van der Waals surface area contributed by atoms with Gasteiger partial charge in [0.2, 0.25) is 0 Å². The third-order valence-corrected chi connectivity index (χ3v) is 2.72. The van der Waals surface area contributed by atoms with Gasteiger partial charge in [-0.3, -0.25) is 4.79 Å². The summed E-state index contributed by atoms with van der Waals surface area (Å²) in [5, 5.41) is 21.5. The lowest BCUT2D eigenvalue weighted by Crippen LogP contribution is -2.27. The number of rotatable bonds is 3. The highest BCUT2D eigenvalue weighted by Crippen LogP contribution is 2.24. The van der Waals surface area contributed by atoms with Gasteiger partial charge in [0, 0.05) is 11.8 Å². The molecule has 0 aliphatic heterocycles. The van der Waals surface area contributed by atoms with Crippen LogP contribution in [0, 0.1) is 5.41 Å². The van der Waals surface area contributed by atoms with Gasteiger partial charge in [-0.05, 0) is 25.1 Å². The van der Waals surface area contributed by atoms with Crippen LogP contribution in [-0.4, -0.2) is 26.5 Å². The molecule has 0 bridgehead atoms. The molecule has 5 nitrogen and oxygen atoms in total. The number of nitrogens with zero attached hydrogens (tertiary/aromatic N) is 3. The molecule has 0 radical (unpaired) electrons. The Kier molecular flexibility index (Phi) is 2.75. The first-order valence-corrected chi connectivity index (χ1v) is 5.31. The Morgan fingerprint density at radius 1 is 1.29 bits per heavy atom. The van der Waals surface area contributed by atoms with Crippen LogP contribution in [0.5, 0.6) is 0 Å². The molecule has 17 heavy (non-hydrogen) atoms. The predicted molar refractivity (Wildman–Crippen MR) is 62.5 cm³/mol. The van der Waals surface area contributed by atoms with Crippen molar-refractivity contribution in [1.82, 2.24) is 15.4 Å². The minimum absolute atomic E-state index is 0.332. The Hall–Kier alpha value is -2.04. The lowest BCUT2D eigenvalue weighted by Gasteiger charge is -2.18. The number of benzene rings is 1. The van der Waals surface area contributed by atoms with Crippen molar-refractivity contribution in [3.05, 3.63) is 30.0 Å². The van der Waals surface area contributed by atoms with Crippen LogP contribution in [0.1, 0.15) is 19.5 Å². The highest BCUT2D eigenvalue weighted by atomic mass is 16.4. The maximum Gasteiger partial charge on any atom is 0.309 e. The fraction of sp³-hybridized carbons (Fsp3) is 0.333. The van der Waals surface area contributed by atoms with Gasteiger partial charge in [-0.1, -0.05) is 18.2 Å². The van der Waals surface area contributed by atoms with Crippen LogP contribution < -0.4 is 0 Å². The zero-order chi connectivity index (χ0) is 12.5. The maximum atomic E-state index is 11.1. The quantitative estimate of drug-likeness (QED) is 0.869. The lowest BCUT2D eigenvalue weighted by atomic mass is 9.87. The van der Waals surface area contributed by atoms with Crippen LogP contribution in [0.25, 0.3) is 10.9 Å². The number of carboxylic acid groups (broad SMARTS) is 1. The number of hydrogen-bond acceptors (Lipinski definition) is 4. The molecule has 0 saturated heterocycles. The Bertz CT molecular complexity index is 561. The number of aromatic nitrogens is 3. The standard InChI is InChI=1S/C12H13N3O2/c1-12(2,11(16)17)7-10-8-5-3-4-6-9(8)13-15-14-10/h3-6H,7H2,1-2H3,(H,16,17). The number of carbonyl (C=O) groups is 1. The van der Waals surface area contributed by atoms with E-state index in [1.807, 2.05) is 24.3 Å². The monoisotopic (exact) mass is 231 g/mol. The Morgan fingerprint density at radius 3 is 2.71 bits per heavy atom. The fourth-order valence-electron chi connectivity index (χ4n) is 1.61. The molecule has 0 spiro atoms. The second-order valence-corrected chi connectivity index (χ2v) is 4.62. The number of aliphatic carboxylic acids is 1. The molecule has 88 valence electrons. The van der Waals surface area contributed by atoms with Gasteiger partial charge in [0.25, 0.3) is 0 Å². The van der Waals surface area contributed by atoms with Gasteiger partial charge in [0.15, 0.2) is 0 Å². The van der Waals surface area contributed by atoms with Gasteiger partial charge >= 0.3 is 5.97 Å². The van der Waals surface area contributed by atoms with Gasteiger partial charge in [0.05, 0.1) is 16.6 Å². The molecule has 0 amide bonds. The number of carboxylic acids is 1. The highest BCUT2D eigenvalue weighted by molar-refractivity contribution is 5.81. The van der Waals surface area contributed by atoms with E-state index in [0.717, 1.165) is 10.9 Å². The van der Waals surface area contributed by atoms with E-state index in [9.17, 15) is 4.79 Å². The summed E-state index contributed by atoms with van der Waals surface area (Å²) in [5.41, 5.74) is 0.542. The smallest absolute Gasteiger partial charge is 0.309 e. The molecule has 2 rings (SSSR count). The van der Waals surface area contributed by atoms with Crippen molar-refractivity contribution >= 4 is 16.9 Å². The van der Waals surface area contributed by atoms with Crippen LogP contribution in [0.4, 0.5) is 0 Å². The zero-order valence-corrected chi connectivity index (χ0v) is 9.71. The van der Waals surface area contributed by atoms with Gasteiger partial charge in [-0.25, -0.2) is 0 Å². The topological polar surface area (TPSA) is 76.0 Å². The first kappa shape index (κ1) is 11.4. The normalized spacial score (nSPS) is 11.6. The van der Waals surface area contributed by atoms with Crippen molar-refractivity contribution in [3.8, 4) is 0 Å². The van der Waals surface area contributed by atoms with Crippen molar-refractivity contribution in [3.63, 3.8) is 0 Å². The summed E-state index contributed by atoms with van der Waals surface area (Å²) in [6.45, 7) is 3.35. The summed E-state index contributed by atoms with van der Waals surface area (Å²) in [7, 11) is 0. The molecule has 5 heteroatoms. The Balaban J connectivity index is 2.46. The minimum atomic E-state index is -0.862. The summed E-state index contributed by atoms with van der Waals surface area (Å²) in [6.07, 6.45) is 0.332. The molecule has 0 saturated carbocycles. The summed E-state index contributed by atoms with van der Waals surface area (Å²) in [4.78, 5) is 11.1. The second-order valence-electron chi connectivity index (χ2n) is 4.62. The van der Waals surface area contributed by atoms with Crippen LogP contribution in [0.15, 0.2) is 24.3 Å². The predicted octanol–water partition coefficient (Wildman–Crippen LogP) is 1.68. The Labute approximate surface area is 98.5 Å². The van der Waals surface area contributed by atoms with Crippen LogP contribution in [-0.2, 0) is 11.2 Å². The van der Waals surface area contributed by atoms with Gasteiger partial charge in [0.1, 0.15) is 0 Å². The molecule has 2 aromatic rings. The SMILES string of the molecule is CC(C)(Cc1nnnc2ccccc12)C(=O)O. The number of fused-ring (bicyclic) bond motifs is 1. The Morgan fingerprint density at radius 2 is 2.00 bits per heavy atom. The van der Waals surface area contributed by atoms with E-state index >= 15 is 0 Å². The van der Waals surface area contributed by atoms with E-state index in [1.165, 1.54) is 0 Å². The molecule has 1 heterocycles. The highest BCUT2D eigenvalue weighted by Gasteiger charge is 2.29. The molecule has 0 aliphatic rings. The van der Waals surface area contributed by atoms with Gasteiger partial charge < -0.3 is 5.11 Å². The maximum absolute atomic E-state index is 11.1. The third kappa shape index (κ3) is 2.22. The van der Waals surface area contributed by atoms with Crippen molar-refractivity contribution in [1.29, 1.82) is 0 Å². The van der Waals surface area contributed by atoms with Gasteiger partial charge in [-0.15, -0.1) is 10.2 Å². The van der Waals surface area contributed by atoms with Crippen LogP contribution in [0.3, 0.4) is 0 Å². The minimum Gasteiger partial charge on any atom is -0.481 e. The third-order valence-electron chi connectivity index (χ3n) is 2.72. The summed E-state index contributed by atoms with van der Waals surface area (Å²) >= 11 is 0.